The number of nitrogens with zero attached hydrogens (tertiary/aromatic N) is 2. The largest absolute Gasteiger partial charge is 0.439 e. The summed E-state index contributed by atoms with van der Waals surface area (Å²) in [7, 11) is 0. The second-order valence-corrected chi connectivity index (χ2v) is 4.40. The van der Waals surface area contributed by atoms with E-state index in [2.05, 4.69) is 9.88 Å². The Labute approximate surface area is 97.7 Å². The molecule has 0 aliphatic carbocycles. The zero-order valence-corrected chi connectivity index (χ0v) is 9.27. The number of hydrogen-bond donors (Lipinski definition) is 1. The fourth-order valence-electron chi connectivity index (χ4n) is 2.16. The van der Waals surface area contributed by atoms with Crippen LogP contribution in [0.15, 0.2) is 22.6 Å². The molecular formula is C12H13FN2O2. The molecule has 1 fully saturated rings. The number of oxazole rings is 1. The summed E-state index contributed by atoms with van der Waals surface area (Å²) in [6.45, 7) is 2.05. The predicted octanol–water partition coefficient (Wildman–Crippen LogP) is 1.53. The van der Waals surface area contributed by atoms with Crippen LogP contribution in [0.4, 0.5) is 4.39 Å². The standard InChI is InChI=1S/C12H13FN2O2/c13-8-1-2-11-10(5-8)14-12(17-11)7-15-4-3-9(16)6-15/h1-2,5,9,16H,3-4,6-7H2/t9-/m0/s1. The molecule has 2 aromatic rings. The lowest BCUT2D eigenvalue weighted by Crippen LogP contribution is -2.21. The highest BCUT2D eigenvalue weighted by molar-refractivity contribution is 5.72. The first-order valence-electron chi connectivity index (χ1n) is 5.66. The van der Waals surface area contributed by atoms with Crippen molar-refractivity contribution < 1.29 is 13.9 Å². The van der Waals surface area contributed by atoms with Crippen LogP contribution in [0.5, 0.6) is 0 Å². The number of likely N-dealkylation sites (tertiary alicyclic amines) is 1. The van der Waals surface area contributed by atoms with Crippen molar-refractivity contribution in [2.45, 2.75) is 19.1 Å². The molecule has 0 saturated carbocycles. The third kappa shape index (κ3) is 2.16. The van der Waals surface area contributed by atoms with Crippen molar-refractivity contribution in [2.24, 2.45) is 0 Å². The van der Waals surface area contributed by atoms with Crippen molar-refractivity contribution in [3.63, 3.8) is 0 Å². The number of hydrogen-bond acceptors (Lipinski definition) is 4. The van der Waals surface area contributed by atoms with E-state index in [0.29, 0.717) is 30.1 Å². The third-order valence-electron chi connectivity index (χ3n) is 3.00. The van der Waals surface area contributed by atoms with Gasteiger partial charge in [0.2, 0.25) is 5.89 Å². The van der Waals surface area contributed by atoms with Gasteiger partial charge < -0.3 is 9.52 Å². The molecule has 2 heterocycles. The van der Waals surface area contributed by atoms with E-state index in [0.717, 1.165) is 13.0 Å². The summed E-state index contributed by atoms with van der Waals surface area (Å²) >= 11 is 0. The Morgan fingerprint density at radius 3 is 3.18 bits per heavy atom. The van der Waals surface area contributed by atoms with Crippen molar-refractivity contribution in [1.29, 1.82) is 0 Å². The van der Waals surface area contributed by atoms with E-state index in [1.54, 1.807) is 6.07 Å². The molecule has 1 aromatic heterocycles. The molecule has 1 aliphatic heterocycles. The van der Waals surface area contributed by atoms with E-state index in [-0.39, 0.29) is 11.9 Å². The molecule has 3 rings (SSSR count). The molecule has 1 saturated heterocycles. The Morgan fingerprint density at radius 1 is 1.53 bits per heavy atom. The maximum Gasteiger partial charge on any atom is 0.209 e. The van der Waals surface area contributed by atoms with E-state index in [4.69, 9.17) is 4.42 Å². The molecule has 0 spiro atoms. The van der Waals surface area contributed by atoms with E-state index >= 15 is 0 Å². The molecule has 0 bridgehead atoms. The molecule has 1 aromatic carbocycles. The van der Waals surface area contributed by atoms with Crippen LogP contribution in [0.1, 0.15) is 12.3 Å². The van der Waals surface area contributed by atoms with Gasteiger partial charge in [-0.3, -0.25) is 4.90 Å². The Kier molecular flexibility index (Phi) is 2.57. The van der Waals surface area contributed by atoms with E-state index < -0.39 is 0 Å². The number of aliphatic hydroxyl groups excluding tert-OH is 1. The number of benzene rings is 1. The maximum atomic E-state index is 13.0. The van der Waals surface area contributed by atoms with Crippen LogP contribution in [-0.2, 0) is 6.54 Å². The minimum atomic E-state index is -0.311. The Bertz CT molecular complexity index is 540. The monoisotopic (exact) mass is 236 g/mol. The summed E-state index contributed by atoms with van der Waals surface area (Å²) in [6.07, 6.45) is 0.534. The molecule has 0 amide bonds. The van der Waals surface area contributed by atoms with Crippen LogP contribution in [0, 0.1) is 5.82 Å². The van der Waals surface area contributed by atoms with Crippen LogP contribution in [0.3, 0.4) is 0 Å². The Morgan fingerprint density at radius 2 is 2.41 bits per heavy atom. The lowest BCUT2D eigenvalue weighted by Gasteiger charge is -2.11. The van der Waals surface area contributed by atoms with Crippen molar-refractivity contribution in [1.82, 2.24) is 9.88 Å². The highest BCUT2D eigenvalue weighted by Crippen LogP contribution is 2.19. The quantitative estimate of drug-likeness (QED) is 0.859. The van der Waals surface area contributed by atoms with Gasteiger partial charge in [-0.05, 0) is 18.6 Å². The fraction of sp³-hybridized carbons (Fsp3) is 0.417. The van der Waals surface area contributed by atoms with E-state index in [1.165, 1.54) is 12.1 Å². The summed E-state index contributed by atoms with van der Waals surface area (Å²) in [5, 5.41) is 9.41. The summed E-state index contributed by atoms with van der Waals surface area (Å²) in [5.41, 5.74) is 1.14. The summed E-state index contributed by atoms with van der Waals surface area (Å²) in [6, 6.07) is 4.30. The van der Waals surface area contributed by atoms with Crippen LogP contribution in [0.2, 0.25) is 0 Å². The summed E-state index contributed by atoms with van der Waals surface area (Å²) in [4.78, 5) is 6.31. The zero-order chi connectivity index (χ0) is 11.8. The van der Waals surface area contributed by atoms with Gasteiger partial charge in [-0.25, -0.2) is 9.37 Å². The number of halogens is 1. The Balaban J connectivity index is 1.81. The van der Waals surface area contributed by atoms with Gasteiger partial charge in [-0.15, -0.1) is 0 Å². The van der Waals surface area contributed by atoms with Gasteiger partial charge in [0.1, 0.15) is 11.3 Å². The van der Waals surface area contributed by atoms with Gasteiger partial charge in [0.15, 0.2) is 5.58 Å². The Hall–Kier alpha value is -1.46. The average molecular weight is 236 g/mol. The van der Waals surface area contributed by atoms with Crippen LogP contribution in [-0.4, -0.2) is 34.2 Å². The molecule has 4 nitrogen and oxygen atoms in total. The highest BCUT2D eigenvalue weighted by atomic mass is 19.1. The van der Waals surface area contributed by atoms with Crippen molar-refractivity contribution >= 4 is 11.1 Å². The first kappa shape index (κ1) is 10.7. The van der Waals surface area contributed by atoms with E-state index in [9.17, 15) is 9.50 Å². The highest BCUT2D eigenvalue weighted by Gasteiger charge is 2.21. The number of rotatable bonds is 2. The predicted molar refractivity (Wildman–Crippen MR) is 59.9 cm³/mol. The van der Waals surface area contributed by atoms with Crippen LogP contribution in [0.25, 0.3) is 11.1 Å². The molecule has 1 atom stereocenters. The molecule has 17 heavy (non-hydrogen) atoms. The lowest BCUT2D eigenvalue weighted by molar-refractivity contribution is 0.171. The average Bonchev–Trinajstić information content (AvgIpc) is 2.84. The smallest absolute Gasteiger partial charge is 0.209 e. The molecular weight excluding hydrogens is 223 g/mol. The molecule has 90 valence electrons. The molecule has 5 heteroatoms. The lowest BCUT2D eigenvalue weighted by atomic mass is 10.3. The summed E-state index contributed by atoms with van der Waals surface area (Å²) < 4.78 is 18.5. The fourth-order valence-corrected chi connectivity index (χ4v) is 2.16. The summed E-state index contributed by atoms with van der Waals surface area (Å²) in [5.74, 6) is 0.258. The van der Waals surface area contributed by atoms with Gasteiger partial charge in [0.05, 0.1) is 12.6 Å². The van der Waals surface area contributed by atoms with Crippen molar-refractivity contribution in [3.05, 3.63) is 29.9 Å². The van der Waals surface area contributed by atoms with Crippen LogP contribution < -0.4 is 0 Å². The number of aliphatic hydroxyl groups is 1. The van der Waals surface area contributed by atoms with Gasteiger partial charge in [-0.2, -0.15) is 0 Å². The first-order valence-corrected chi connectivity index (χ1v) is 5.66. The second kappa shape index (κ2) is 4.09. The minimum Gasteiger partial charge on any atom is -0.439 e. The van der Waals surface area contributed by atoms with Gasteiger partial charge in [0.25, 0.3) is 0 Å². The third-order valence-corrected chi connectivity index (χ3v) is 3.00. The molecule has 0 radical (unpaired) electrons. The van der Waals surface area contributed by atoms with E-state index in [1.807, 2.05) is 0 Å². The zero-order valence-electron chi connectivity index (χ0n) is 9.27. The number of aromatic nitrogens is 1. The topological polar surface area (TPSA) is 49.5 Å². The SMILES string of the molecule is O[C@H]1CCN(Cc2nc3cc(F)ccc3o2)C1. The van der Waals surface area contributed by atoms with Gasteiger partial charge in [0, 0.05) is 19.2 Å². The van der Waals surface area contributed by atoms with Crippen molar-refractivity contribution in [3.8, 4) is 0 Å². The minimum absolute atomic E-state index is 0.253. The molecule has 1 aliphatic rings. The van der Waals surface area contributed by atoms with Gasteiger partial charge >= 0.3 is 0 Å². The second-order valence-electron chi connectivity index (χ2n) is 4.40. The molecule has 0 unspecified atom stereocenters. The van der Waals surface area contributed by atoms with Crippen LogP contribution >= 0.6 is 0 Å². The molecule has 1 N–H and O–H groups in total. The first-order chi connectivity index (χ1) is 8.20. The number of β-amino-alcohol motifs (C(OH)–C–C–N with tert-alkyl or cyclic N) is 1. The maximum absolute atomic E-state index is 13.0. The van der Waals surface area contributed by atoms with Crippen molar-refractivity contribution in [2.75, 3.05) is 13.1 Å². The number of fused-ring (bicyclic) bond motifs is 1. The normalized spacial score (nSPS) is 21.4. The van der Waals surface area contributed by atoms with Gasteiger partial charge in [-0.1, -0.05) is 0 Å².